The summed E-state index contributed by atoms with van der Waals surface area (Å²) in [4.78, 5) is 4.34. The number of hydrogen-bond acceptors (Lipinski definition) is 6. The third kappa shape index (κ3) is 3.25. The Labute approximate surface area is 105 Å². The molecule has 1 saturated heterocycles. The number of thiazole rings is 1. The van der Waals surface area contributed by atoms with E-state index >= 15 is 0 Å². The quantitative estimate of drug-likeness (QED) is 0.824. The smallest absolute Gasteiger partial charge is 0.152 e. The molecule has 1 unspecified atom stereocenters. The second-order valence-corrected chi connectivity index (χ2v) is 7.82. The van der Waals surface area contributed by atoms with Gasteiger partial charge in [-0.3, -0.25) is 0 Å². The molecule has 5 nitrogen and oxygen atoms in total. The van der Waals surface area contributed by atoms with Gasteiger partial charge in [-0.05, 0) is 13.3 Å². The van der Waals surface area contributed by atoms with Crippen molar-refractivity contribution in [1.29, 1.82) is 0 Å². The summed E-state index contributed by atoms with van der Waals surface area (Å²) >= 11 is 1.54. The number of nitrogens with one attached hydrogen (secondary N) is 1. The number of rotatable bonds is 4. The van der Waals surface area contributed by atoms with Crippen LogP contribution >= 0.6 is 11.3 Å². The van der Waals surface area contributed by atoms with E-state index in [0.29, 0.717) is 19.5 Å². The first-order chi connectivity index (χ1) is 7.92. The highest BCUT2D eigenvalue weighted by Gasteiger charge is 2.37. The fraction of sp³-hybridized carbons (Fsp3) is 0.700. The molecular formula is C10H17N3O2S2. The van der Waals surface area contributed by atoms with E-state index in [9.17, 15) is 8.42 Å². The van der Waals surface area contributed by atoms with E-state index in [-0.39, 0.29) is 17.0 Å². The third-order valence-electron chi connectivity index (χ3n) is 2.97. The van der Waals surface area contributed by atoms with Crippen molar-refractivity contribution in [2.45, 2.75) is 32.0 Å². The molecule has 3 N–H and O–H groups in total. The maximum atomic E-state index is 11.4. The van der Waals surface area contributed by atoms with Crippen LogP contribution in [-0.4, -0.2) is 30.4 Å². The minimum atomic E-state index is -2.86. The summed E-state index contributed by atoms with van der Waals surface area (Å²) < 4.78 is 22.9. The van der Waals surface area contributed by atoms with Gasteiger partial charge >= 0.3 is 0 Å². The standard InChI is InChI=1S/C10H17N3O2S2/c1-10(2-3-17(14,15)7-10)12-5-8-6-16-9(4-11)13-8/h6,12H,2-5,7,11H2,1H3. The maximum Gasteiger partial charge on any atom is 0.152 e. The van der Waals surface area contributed by atoms with Crippen LogP contribution in [0, 0.1) is 0 Å². The minimum Gasteiger partial charge on any atom is -0.325 e. The Balaban J connectivity index is 1.94. The minimum absolute atomic E-state index is 0.216. The summed E-state index contributed by atoms with van der Waals surface area (Å²) in [6.07, 6.45) is 0.670. The Morgan fingerprint density at radius 1 is 1.65 bits per heavy atom. The van der Waals surface area contributed by atoms with Crippen LogP contribution in [-0.2, 0) is 22.9 Å². The zero-order valence-corrected chi connectivity index (χ0v) is 11.4. The highest BCUT2D eigenvalue weighted by atomic mass is 32.2. The lowest BCUT2D eigenvalue weighted by Gasteiger charge is -2.23. The summed E-state index contributed by atoms with van der Waals surface area (Å²) in [6.45, 7) is 3.01. The highest BCUT2D eigenvalue weighted by molar-refractivity contribution is 7.91. The fourth-order valence-electron chi connectivity index (χ4n) is 1.98. The summed E-state index contributed by atoms with van der Waals surface area (Å²) in [5.74, 6) is 0.496. The van der Waals surface area contributed by atoms with Crippen LogP contribution in [0.4, 0.5) is 0 Å². The topological polar surface area (TPSA) is 85.1 Å². The second-order valence-electron chi connectivity index (χ2n) is 4.69. The van der Waals surface area contributed by atoms with E-state index in [1.165, 1.54) is 11.3 Å². The van der Waals surface area contributed by atoms with E-state index in [1.54, 1.807) is 0 Å². The van der Waals surface area contributed by atoms with Crippen LogP contribution in [0.2, 0.25) is 0 Å². The van der Waals surface area contributed by atoms with Gasteiger partial charge in [0.25, 0.3) is 0 Å². The molecule has 0 amide bonds. The lowest BCUT2D eigenvalue weighted by molar-refractivity contribution is 0.393. The van der Waals surface area contributed by atoms with Gasteiger partial charge in [0.2, 0.25) is 0 Å². The van der Waals surface area contributed by atoms with Gasteiger partial charge in [0.1, 0.15) is 5.01 Å². The third-order valence-corrected chi connectivity index (χ3v) is 5.80. The molecule has 2 heterocycles. The molecule has 1 fully saturated rings. The van der Waals surface area contributed by atoms with Gasteiger partial charge in [-0.1, -0.05) is 0 Å². The number of nitrogens with two attached hydrogens (primary N) is 1. The Morgan fingerprint density at radius 3 is 2.94 bits per heavy atom. The molecule has 1 atom stereocenters. The number of sulfone groups is 1. The van der Waals surface area contributed by atoms with Gasteiger partial charge in [0, 0.05) is 24.0 Å². The molecule has 1 aliphatic heterocycles. The lowest BCUT2D eigenvalue weighted by Crippen LogP contribution is -2.42. The SMILES string of the molecule is CC1(NCc2csc(CN)n2)CCS(=O)(=O)C1. The molecule has 1 aromatic heterocycles. The monoisotopic (exact) mass is 275 g/mol. The van der Waals surface area contributed by atoms with Crippen LogP contribution in [0.5, 0.6) is 0 Å². The second kappa shape index (κ2) is 4.64. The molecule has 2 rings (SSSR count). The molecule has 0 aliphatic carbocycles. The number of aromatic nitrogens is 1. The Hall–Kier alpha value is -0.500. The predicted octanol–water partition coefficient (Wildman–Crippen LogP) is 0.269. The molecule has 7 heteroatoms. The summed E-state index contributed by atoms with van der Waals surface area (Å²) in [6, 6.07) is 0. The molecule has 0 saturated carbocycles. The van der Waals surface area contributed by atoms with Crippen molar-refractivity contribution in [2.24, 2.45) is 5.73 Å². The molecule has 0 radical (unpaired) electrons. The summed E-state index contributed by atoms with van der Waals surface area (Å²) in [5.41, 5.74) is 6.11. The van der Waals surface area contributed by atoms with Gasteiger partial charge in [-0.15, -0.1) is 11.3 Å². The average molecular weight is 275 g/mol. The first-order valence-electron chi connectivity index (χ1n) is 5.51. The molecular weight excluding hydrogens is 258 g/mol. The Morgan fingerprint density at radius 2 is 2.41 bits per heavy atom. The highest BCUT2D eigenvalue weighted by Crippen LogP contribution is 2.23. The molecule has 1 aromatic rings. The average Bonchev–Trinajstić information content (AvgIpc) is 2.81. The van der Waals surface area contributed by atoms with Gasteiger partial charge in [0.05, 0.1) is 17.2 Å². The van der Waals surface area contributed by atoms with Crippen LogP contribution in [0.15, 0.2) is 5.38 Å². The lowest BCUT2D eigenvalue weighted by atomic mass is 10.0. The molecule has 1 aliphatic rings. The van der Waals surface area contributed by atoms with E-state index in [0.717, 1.165) is 10.7 Å². The van der Waals surface area contributed by atoms with E-state index in [1.807, 2.05) is 12.3 Å². The summed E-state index contributed by atoms with van der Waals surface area (Å²) in [5, 5.41) is 6.16. The van der Waals surface area contributed by atoms with Gasteiger partial charge in [0.15, 0.2) is 9.84 Å². The van der Waals surface area contributed by atoms with Crippen LogP contribution < -0.4 is 11.1 Å². The van der Waals surface area contributed by atoms with E-state index < -0.39 is 9.84 Å². The first kappa shape index (κ1) is 12.9. The van der Waals surface area contributed by atoms with Crippen molar-refractivity contribution in [2.75, 3.05) is 11.5 Å². The van der Waals surface area contributed by atoms with Crippen LogP contribution in [0.3, 0.4) is 0 Å². The summed E-state index contributed by atoms with van der Waals surface area (Å²) in [7, 11) is -2.86. The Kier molecular flexibility index (Phi) is 3.53. The van der Waals surface area contributed by atoms with Crippen molar-refractivity contribution in [3.05, 3.63) is 16.1 Å². The van der Waals surface area contributed by atoms with Crippen molar-refractivity contribution >= 4 is 21.2 Å². The van der Waals surface area contributed by atoms with Crippen LogP contribution in [0.25, 0.3) is 0 Å². The molecule has 0 spiro atoms. The van der Waals surface area contributed by atoms with Crippen molar-refractivity contribution in [3.8, 4) is 0 Å². The van der Waals surface area contributed by atoms with Gasteiger partial charge < -0.3 is 11.1 Å². The van der Waals surface area contributed by atoms with E-state index in [2.05, 4.69) is 10.3 Å². The zero-order chi connectivity index (χ0) is 12.5. The van der Waals surface area contributed by atoms with Gasteiger partial charge in [-0.25, -0.2) is 13.4 Å². The van der Waals surface area contributed by atoms with Gasteiger partial charge in [-0.2, -0.15) is 0 Å². The van der Waals surface area contributed by atoms with E-state index in [4.69, 9.17) is 5.73 Å². The largest absolute Gasteiger partial charge is 0.325 e. The normalized spacial score (nSPS) is 27.4. The molecule has 0 bridgehead atoms. The van der Waals surface area contributed by atoms with Crippen molar-refractivity contribution < 1.29 is 8.42 Å². The maximum absolute atomic E-state index is 11.4. The number of hydrogen-bond donors (Lipinski definition) is 2. The van der Waals surface area contributed by atoms with Crippen molar-refractivity contribution in [3.63, 3.8) is 0 Å². The van der Waals surface area contributed by atoms with Crippen LogP contribution in [0.1, 0.15) is 24.0 Å². The zero-order valence-electron chi connectivity index (χ0n) is 9.77. The molecule has 17 heavy (non-hydrogen) atoms. The first-order valence-corrected chi connectivity index (χ1v) is 8.21. The molecule has 0 aromatic carbocycles. The molecule has 96 valence electrons. The number of nitrogens with zero attached hydrogens (tertiary/aromatic N) is 1. The fourth-order valence-corrected chi connectivity index (χ4v) is 4.78. The predicted molar refractivity (Wildman–Crippen MR) is 68.5 cm³/mol. The Bertz CT molecular complexity index is 497. The van der Waals surface area contributed by atoms with Crippen molar-refractivity contribution in [1.82, 2.24) is 10.3 Å².